The molecule has 5 heteroatoms. The minimum atomic E-state index is -1.25. The van der Waals surface area contributed by atoms with Gasteiger partial charge in [-0.15, -0.1) is 0 Å². The highest BCUT2D eigenvalue weighted by atomic mass is 16.4. The van der Waals surface area contributed by atoms with Crippen LogP contribution in [0.25, 0.3) is 0 Å². The number of phenolic OH excluding ortho intramolecular Hbond substituents is 1. The van der Waals surface area contributed by atoms with E-state index in [9.17, 15) is 14.7 Å². The second kappa shape index (κ2) is 3.20. The van der Waals surface area contributed by atoms with Gasteiger partial charge < -0.3 is 10.2 Å². The van der Waals surface area contributed by atoms with Crippen molar-refractivity contribution in [1.29, 1.82) is 0 Å². The van der Waals surface area contributed by atoms with Crippen LogP contribution in [-0.2, 0) is 4.79 Å². The molecule has 1 atom stereocenters. The van der Waals surface area contributed by atoms with Gasteiger partial charge in [0.2, 0.25) is 0 Å². The van der Waals surface area contributed by atoms with Crippen molar-refractivity contribution < 1.29 is 19.8 Å². The average Bonchev–Trinajstić information content (AvgIpc) is 2.19. The smallest absolute Gasteiger partial charge is 0.319 e. The third-order valence-electron chi connectivity index (χ3n) is 2.18. The van der Waals surface area contributed by atoms with Crippen LogP contribution in [0.5, 0.6) is 5.75 Å². The Bertz CT molecular complexity index is 478. The number of nitrogens with zero attached hydrogens (tertiary/aromatic N) is 1. The fraction of sp³-hybridized carbons (Fsp3) is 0.100. The Morgan fingerprint density at radius 1 is 1.40 bits per heavy atom. The normalized spacial score (nSPS) is 18.7. The number of phenols is 1. The molecule has 1 aliphatic heterocycles. The number of aromatic hydroxyl groups is 1. The average molecular weight is 205 g/mol. The summed E-state index contributed by atoms with van der Waals surface area (Å²) < 4.78 is 0. The van der Waals surface area contributed by atoms with Crippen LogP contribution < -0.4 is 0 Å². The fourth-order valence-electron chi connectivity index (χ4n) is 1.43. The molecule has 15 heavy (non-hydrogen) atoms. The van der Waals surface area contributed by atoms with Crippen LogP contribution in [-0.4, -0.2) is 28.2 Å². The summed E-state index contributed by atoms with van der Waals surface area (Å²) in [5.74, 6) is -3.17. The minimum absolute atomic E-state index is 0.124. The zero-order valence-electron chi connectivity index (χ0n) is 7.54. The molecule has 0 saturated heterocycles. The first-order valence-electron chi connectivity index (χ1n) is 4.24. The predicted octanol–water partition coefficient (Wildman–Crippen LogP) is 0.992. The van der Waals surface area contributed by atoms with Gasteiger partial charge >= 0.3 is 5.97 Å². The highest BCUT2D eigenvalue weighted by molar-refractivity contribution is 6.22. The number of aliphatic carboxylic acids is 1. The van der Waals surface area contributed by atoms with E-state index in [2.05, 4.69) is 4.99 Å². The molecule has 0 radical (unpaired) electrons. The Morgan fingerprint density at radius 3 is 2.80 bits per heavy atom. The van der Waals surface area contributed by atoms with Gasteiger partial charge in [-0.25, -0.2) is 0 Å². The highest BCUT2D eigenvalue weighted by Gasteiger charge is 2.31. The number of hydrogen-bond acceptors (Lipinski definition) is 4. The van der Waals surface area contributed by atoms with E-state index < -0.39 is 17.7 Å². The van der Waals surface area contributed by atoms with Crippen LogP contribution in [0.3, 0.4) is 0 Å². The lowest BCUT2D eigenvalue weighted by atomic mass is 9.94. The van der Waals surface area contributed by atoms with E-state index in [1.165, 1.54) is 18.2 Å². The molecule has 2 rings (SSSR count). The molecule has 0 aromatic heterocycles. The van der Waals surface area contributed by atoms with Crippen LogP contribution in [0.1, 0.15) is 10.4 Å². The Morgan fingerprint density at radius 2 is 2.13 bits per heavy atom. The van der Waals surface area contributed by atoms with E-state index in [0.29, 0.717) is 0 Å². The summed E-state index contributed by atoms with van der Waals surface area (Å²) in [5.41, 5.74) is 0.282. The topological polar surface area (TPSA) is 87.0 Å². The summed E-state index contributed by atoms with van der Waals surface area (Å²) in [6.07, 6.45) is 1.03. The van der Waals surface area contributed by atoms with Gasteiger partial charge in [0.15, 0.2) is 11.7 Å². The lowest BCUT2D eigenvalue weighted by Gasteiger charge is -2.14. The van der Waals surface area contributed by atoms with Gasteiger partial charge in [0.05, 0.1) is 0 Å². The summed E-state index contributed by atoms with van der Waals surface area (Å²) in [7, 11) is 0. The first-order chi connectivity index (χ1) is 7.11. The molecule has 1 aromatic rings. The van der Waals surface area contributed by atoms with Gasteiger partial charge in [-0.3, -0.25) is 14.6 Å². The summed E-state index contributed by atoms with van der Waals surface area (Å²) in [6, 6.07) is 4.32. The number of carboxylic acids is 1. The van der Waals surface area contributed by atoms with Gasteiger partial charge in [0.1, 0.15) is 11.4 Å². The van der Waals surface area contributed by atoms with Crippen LogP contribution in [0.2, 0.25) is 0 Å². The molecule has 1 heterocycles. The zero-order chi connectivity index (χ0) is 11.0. The molecular formula is C10H7NO4. The molecule has 1 aromatic carbocycles. The summed E-state index contributed by atoms with van der Waals surface area (Å²) in [6.45, 7) is 0. The highest BCUT2D eigenvalue weighted by Crippen LogP contribution is 2.34. The fourth-order valence-corrected chi connectivity index (χ4v) is 1.43. The summed E-state index contributed by atoms with van der Waals surface area (Å²) in [5, 5.41) is 18.1. The Labute approximate surface area is 84.7 Å². The number of ketones is 1. The molecule has 0 amide bonds. The van der Waals surface area contributed by atoms with E-state index >= 15 is 0 Å². The standard InChI is InChI=1S/C10H7NO4/c12-7-3-1-2-5-8(7)11-4-6(9(5)13)10(14)15/h1-4,6,12H,(H,14,15). The Balaban J connectivity index is 2.56. The molecule has 1 aliphatic rings. The van der Waals surface area contributed by atoms with Crippen LogP contribution in [0.15, 0.2) is 23.2 Å². The second-order valence-corrected chi connectivity index (χ2v) is 3.13. The largest absolute Gasteiger partial charge is 0.506 e. The molecule has 76 valence electrons. The van der Waals surface area contributed by atoms with E-state index in [1.54, 1.807) is 0 Å². The van der Waals surface area contributed by atoms with Crippen molar-refractivity contribution in [3.8, 4) is 5.75 Å². The molecule has 0 saturated carbocycles. The maximum atomic E-state index is 11.6. The number of carbonyl (C=O) groups excluding carboxylic acids is 1. The molecule has 1 unspecified atom stereocenters. The van der Waals surface area contributed by atoms with E-state index in [4.69, 9.17) is 5.11 Å². The van der Waals surface area contributed by atoms with Gasteiger partial charge in [0.25, 0.3) is 0 Å². The number of rotatable bonds is 1. The van der Waals surface area contributed by atoms with Crippen molar-refractivity contribution in [3.63, 3.8) is 0 Å². The number of carboxylic acid groups (broad SMARTS) is 1. The van der Waals surface area contributed by atoms with Crippen LogP contribution in [0.4, 0.5) is 5.69 Å². The first-order valence-corrected chi connectivity index (χ1v) is 4.24. The molecule has 0 fully saturated rings. The molecule has 0 bridgehead atoms. The number of fused-ring (bicyclic) bond motifs is 1. The lowest BCUT2D eigenvalue weighted by Crippen LogP contribution is -2.27. The number of carbonyl (C=O) groups is 2. The van der Waals surface area contributed by atoms with Crippen molar-refractivity contribution >= 4 is 23.7 Å². The third-order valence-corrected chi connectivity index (χ3v) is 2.18. The van der Waals surface area contributed by atoms with Crippen molar-refractivity contribution in [2.24, 2.45) is 10.9 Å². The van der Waals surface area contributed by atoms with Crippen LogP contribution >= 0.6 is 0 Å². The summed E-state index contributed by atoms with van der Waals surface area (Å²) in [4.78, 5) is 26.1. The summed E-state index contributed by atoms with van der Waals surface area (Å²) >= 11 is 0. The monoisotopic (exact) mass is 205 g/mol. The number of Topliss-reactive ketones (excluding diaryl/α,β-unsaturated/α-hetero) is 1. The third kappa shape index (κ3) is 1.38. The minimum Gasteiger partial charge on any atom is -0.506 e. The molecule has 0 aliphatic carbocycles. The van der Waals surface area contributed by atoms with E-state index in [-0.39, 0.29) is 17.0 Å². The zero-order valence-corrected chi connectivity index (χ0v) is 7.54. The lowest BCUT2D eigenvalue weighted by molar-refractivity contribution is -0.137. The second-order valence-electron chi connectivity index (χ2n) is 3.13. The van der Waals surface area contributed by atoms with E-state index in [0.717, 1.165) is 6.21 Å². The number of hydrogen-bond donors (Lipinski definition) is 2. The SMILES string of the molecule is O=C(O)C1C=Nc2c(O)cccc2C1=O. The number of benzene rings is 1. The molecule has 5 nitrogen and oxygen atoms in total. The van der Waals surface area contributed by atoms with Gasteiger partial charge in [0, 0.05) is 11.8 Å². The van der Waals surface area contributed by atoms with Crippen molar-refractivity contribution in [2.75, 3.05) is 0 Å². The van der Waals surface area contributed by atoms with Crippen LogP contribution in [0, 0.1) is 5.92 Å². The first kappa shape index (κ1) is 9.39. The van der Waals surface area contributed by atoms with E-state index in [1.807, 2.05) is 0 Å². The predicted molar refractivity (Wildman–Crippen MR) is 51.7 cm³/mol. The Hall–Kier alpha value is -2.17. The molecular weight excluding hydrogens is 198 g/mol. The maximum absolute atomic E-state index is 11.6. The van der Waals surface area contributed by atoms with Crippen molar-refractivity contribution in [2.45, 2.75) is 0 Å². The van der Waals surface area contributed by atoms with Gasteiger partial charge in [-0.05, 0) is 12.1 Å². The van der Waals surface area contributed by atoms with Crippen molar-refractivity contribution in [1.82, 2.24) is 0 Å². The molecule has 0 spiro atoms. The van der Waals surface area contributed by atoms with Gasteiger partial charge in [-0.2, -0.15) is 0 Å². The molecule has 2 N–H and O–H groups in total. The Kier molecular flexibility index (Phi) is 2.00. The number of aliphatic imine (C=N–C) groups is 1. The number of para-hydroxylation sites is 1. The van der Waals surface area contributed by atoms with Gasteiger partial charge in [-0.1, -0.05) is 6.07 Å². The maximum Gasteiger partial charge on any atom is 0.319 e. The quantitative estimate of drug-likeness (QED) is 0.669. The van der Waals surface area contributed by atoms with Crippen molar-refractivity contribution in [3.05, 3.63) is 23.8 Å².